The van der Waals surface area contributed by atoms with Crippen molar-refractivity contribution in [1.29, 1.82) is 0 Å². The van der Waals surface area contributed by atoms with Crippen molar-refractivity contribution < 1.29 is 4.79 Å². The molecule has 2 atom stereocenters. The summed E-state index contributed by atoms with van der Waals surface area (Å²) in [5, 5.41) is 1.12. The number of nitrogens with one attached hydrogen (secondary N) is 1. The normalized spacial score (nSPS) is 25.8. The van der Waals surface area contributed by atoms with Crippen LogP contribution >= 0.6 is 0 Å². The Bertz CT molecular complexity index is 658. The predicted octanol–water partition coefficient (Wildman–Crippen LogP) is 3.96. The zero-order chi connectivity index (χ0) is 14.2. The second-order valence-corrected chi connectivity index (χ2v) is 6.53. The topological polar surface area (TPSA) is 36.1 Å². The molecule has 2 aliphatic rings. The lowest BCUT2D eigenvalue weighted by atomic mass is 9.78. The molecular formula is C18H22N2O. The molecule has 1 saturated carbocycles. The van der Waals surface area contributed by atoms with Crippen molar-refractivity contribution in [3.63, 3.8) is 0 Å². The molecule has 1 aliphatic heterocycles. The minimum absolute atomic E-state index is 0.231. The van der Waals surface area contributed by atoms with Gasteiger partial charge in [-0.25, -0.2) is 0 Å². The minimum Gasteiger partial charge on any atom is -0.361 e. The van der Waals surface area contributed by atoms with E-state index >= 15 is 0 Å². The third kappa shape index (κ3) is 2.25. The number of hydrogen-bond acceptors (Lipinski definition) is 1. The number of benzene rings is 1. The molecule has 4 rings (SSSR count). The Morgan fingerprint density at radius 3 is 2.90 bits per heavy atom. The standard InChI is InChI=1S/C18H22N2O/c21-18(15-7-8-16-14(12-15)9-10-19-16)20-11-3-5-13-4-1-2-6-17(13)20/h7-10,12-13,17,19H,1-6,11H2. The third-order valence-corrected chi connectivity index (χ3v) is 5.30. The van der Waals surface area contributed by atoms with Crippen molar-refractivity contribution in [2.75, 3.05) is 6.54 Å². The molecule has 3 heteroatoms. The Kier molecular flexibility index (Phi) is 3.21. The quantitative estimate of drug-likeness (QED) is 0.844. The summed E-state index contributed by atoms with van der Waals surface area (Å²) < 4.78 is 0. The molecule has 0 radical (unpaired) electrons. The number of aromatic nitrogens is 1. The number of carbonyl (C=O) groups excluding carboxylic acids is 1. The molecule has 0 spiro atoms. The van der Waals surface area contributed by atoms with E-state index in [4.69, 9.17) is 0 Å². The van der Waals surface area contributed by atoms with Crippen molar-refractivity contribution in [1.82, 2.24) is 9.88 Å². The van der Waals surface area contributed by atoms with Crippen LogP contribution in [0.2, 0.25) is 0 Å². The molecule has 1 N–H and O–H groups in total. The number of likely N-dealkylation sites (tertiary alicyclic amines) is 1. The van der Waals surface area contributed by atoms with Gasteiger partial charge in [-0.05, 0) is 55.9 Å². The Labute approximate surface area is 125 Å². The third-order valence-electron chi connectivity index (χ3n) is 5.30. The highest BCUT2D eigenvalue weighted by atomic mass is 16.2. The number of carbonyl (C=O) groups is 1. The van der Waals surface area contributed by atoms with Crippen LogP contribution in [0.15, 0.2) is 30.5 Å². The van der Waals surface area contributed by atoms with Crippen LogP contribution < -0.4 is 0 Å². The summed E-state index contributed by atoms with van der Waals surface area (Å²) in [5.74, 6) is 0.974. The van der Waals surface area contributed by atoms with Crippen LogP contribution in [0.5, 0.6) is 0 Å². The van der Waals surface area contributed by atoms with E-state index in [-0.39, 0.29) is 5.91 Å². The van der Waals surface area contributed by atoms with Crippen LogP contribution in [0.25, 0.3) is 10.9 Å². The number of aromatic amines is 1. The van der Waals surface area contributed by atoms with E-state index in [1.165, 1.54) is 38.5 Å². The molecule has 0 bridgehead atoms. The molecule has 1 aromatic carbocycles. The van der Waals surface area contributed by atoms with Crippen LogP contribution in [0.4, 0.5) is 0 Å². The van der Waals surface area contributed by atoms with E-state index in [0.29, 0.717) is 6.04 Å². The zero-order valence-electron chi connectivity index (χ0n) is 12.3. The van der Waals surface area contributed by atoms with Gasteiger partial charge in [0.2, 0.25) is 0 Å². The summed E-state index contributed by atoms with van der Waals surface area (Å²) in [7, 11) is 0. The fraction of sp³-hybridized carbons (Fsp3) is 0.500. The molecule has 2 fully saturated rings. The van der Waals surface area contributed by atoms with Gasteiger partial charge in [0, 0.05) is 35.2 Å². The summed E-state index contributed by atoms with van der Waals surface area (Å²) in [6, 6.07) is 8.53. The lowest BCUT2D eigenvalue weighted by molar-refractivity contribution is 0.0391. The summed E-state index contributed by atoms with van der Waals surface area (Å²) in [6.45, 7) is 0.936. The highest BCUT2D eigenvalue weighted by Crippen LogP contribution is 2.36. The monoisotopic (exact) mass is 282 g/mol. The van der Waals surface area contributed by atoms with Gasteiger partial charge in [-0.15, -0.1) is 0 Å². The first-order valence-corrected chi connectivity index (χ1v) is 8.21. The number of amides is 1. The largest absolute Gasteiger partial charge is 0.361 e. The van der Waals surface area contributed by atoms with Crippen LogP contribution in [-0.2, 0) is 0 Å². The number of nitrogens with zero attached hydrogens (tertiary/aromatic N) is 1. The number of rotatable bonds is 1. The first-order chi connectivity index (χ1) is 10.3. The second kappa shape index (κ2) is 5.21. The lowest BCUT2D eigenvalue weighted by Crippen LogP contribution is -2.49. The van der Waals surface area contributed by atoms with Gasteiger partial charge in [0.25, 0.3) is 5.91 Å². The molecule has 1 aromatic heterocycles. The van der Waals surface area contributed by atoms with Gasteiger partial charge in [-0.1, -0.05) is 12.8 Å². The maximum absolute atomic E-state index is 12.9. The fourth-order valence-corrected chi connectivity index (χ4v) is 4.23. The van der Waals surface area contributed by atoms with E-state index < -0.39 is 0 Å². The molecular weight excluding hydrogens is 260 g/mol. The molecule has 3 nitrogen and oxygen atoms in total. The van der Waals surface area contributed by atoms with Gasteiger partial charge in [0.1, 0.15) is 0 Å². The fourth-order valence-electron chi connectivity index (χ4n) is 4.23. The average molecular weight is 282 g/mol. The van der Waals surface area contributed by atoms with Crippen LogP contribution in [0.3, 0.4) is 0 Å². The van der Waals surface area contributed by atoms with Crippen molar-refractivity contribution in [3.8, 4) is 0 Å². The maximum Gasteiger partial charge on any atom is 0.254 e. The van der Waals surface area contributed by atoms with Crippen molar-refractivity contribution >= 4 is 16.8 Å². The molecule has 2 unspecified atom stereocenters. The molecule has 2 heterocycles. The van der Waals surface area contributed by atoms with Gasteiger partial charge in [-0.3, -0.25) is 4.79 Å². The SMILES string of the molecule is O=C(c1ccc2[nH]ccc2c1)N1CCCC2CCCCC21. The van der Waals surface area contributed by atoms with Crippen molar-refractivity contribution in [2.45, 2.75) is 44.6 Å². The summed E-state index contributed by atoms with van der Waals surface area (Å²) >= 11 is 0. The predicted molar refractivity (Wildman–Crippen MR) is 84.3 cm³/mol. The van der Waals surface area contributed by atoms with Gasteiger partial charge >= 0.3 is 0 Å². The minimum atomic E-state index is 0.231. The van der Waals surface area contributed by atoms with Crippen molar-refractivity contribution in [2.24, 2.45) is 5.92 Å². The van der Waals surface area contributed by atoms with Gasteiger partial charge < -0.3 is 9.88 Å². The lowest BCUT2D eigenvalue weighted by Gasteiger charge is -2.44. The van der Waals surface area contributed by atoms with Crippen LogP contribution in [0, 0.1) is 5.92 Å². The summed E-state index contributed by atoms with van der Waals surface area (Å²) in [4.78, 5) is 18.3. The molecule has 2 aromatic rings. The number of H-pyrrole nitrogens is 1. The average Bonchev–Trinajstić information content (AvgIpc) is 3.01. The molecule has 21 heavy (non-hydrogen) atoms. The summed E-state index contributed by atoms with van der Waals surface area (Å²) in [5.41, 5.74) is 1.94. The Hall–Kier alpha value is -1.77. The molecule has 1 amide bonds. The van der Waals surface area contributed by atoms with Gasteiger partial charge in [0.15, 0.2) is 0 Å². The number of piperidine rings is 1. The zero-order valence-corrected chi connectivity index (χ0v) is 12.3. The van der Waals surface area contributed by atoms with E-state index in [1.54, 1.807) is 0 Å². The number of hydrogen-bond donors (Lipinski definition) is 1. The first kappa shape index (κ1) is 12.9. The molecule has 1 aliphatic carbocycles. The highest BCUT2D eigenvalue weighted by molar-refractivity contribution is 5.98. The molecule has 110 valence electrons. The van der Waals surface area contributed by atoms with E-state index in [0.717, 1.165) is 28.9 Å². The van der Waals surface area contributed by atoms with Crippen LogP contribution in [0.1, 0.15) is 48.9 Å². The Morgan fingerprint density at radius 2 is 1.95 bits per heavy atom. The summed E-state index contributed by atoms with van der Waals surface area (Å²) in [6.07, 6.45) is 9.54. The van der Waals surface area contributed by atoms with E-state index in [2.05, 4.69) is 9.88 Å². The molecule has 1 saturated heterocycles. The Balaban J connectivity index is 1.63. The Morgan fingerprint density at radius 1 is 1.10 bits per heavy atom. The number of fused-ring (bicyclic) bond motifs is 2. The first-order valence-electron chi connectivity index (χ1n) is 8.21. The highest BCUT2D eigenvalue weighted by Gasteiger charge is 2.35. The van der Waals surface area contributed by atoms with Crippen LogP contribution in [-0.4, -0.2) is 28.4 Å². The second-order valence-electron chi connectivity index (χ2n) is 6.53. The maximum atomic E-state index is 12.9. The van der Waals surface area contributed by atoms with Gasteiger partial charge in [0.05, 0.1) is 0 Å². The van der Waals surface area contributed by atoms with Crippen molar-refractivity contribution in [3.05, 3.63) is 36.0 Å². The van der Waals surface area contributed by atoms with E-state index in [9.17, 15) is 4.79 Å². The van der Waals surface area contributed by atoms with E-state index in [1.807, 2.05) is 30.5 Å². The smallest absolute Gasteiger partial charge is 0.254 e. The van der Waals surface area contributed by atoms with Gasteiger partial charge in [-0.2, -0.15) is 0 Å².